The minimum Gasteiger partial charge on any atom is -0.382 e. The lowest BCUT2D eigenvalue weighted by atomic mass is 9.79. The van der Waals surface area contributed by atoms with Crippen molar-refractivity contribution >= 4 is 5.69 Å². The Morgan fingerprint density at radius 2 is 1.69 bits per heavy atom. The van der Waals surface area contributed by atoms with Crippen molar-refractivity contribution < 1.29 is 0 Å². The summed E-state index contributed by atoms with van der Waals surface area (Å²) in [6.07, 6.45) is 6.04. The SMILES string of the molecule is c1ccc(NC2C3CC4CC(C3)C2C4)cc1. The standard InChI is InChI=1S/C15H19N/c1-2-4-13(5-3-1)16-15-12-7-10-6-11(9-12)14(15)8-10/h1-5,10-12,14-16H,6-9H2. The zero-order valence-corrected chi connectivity index (χ0v) is 9.60. The topological polar surface area (TPSA) is 12.0 Å². The van der Waals surface area contributed by atoms with Crippen molar-refractivity contribution in [2.24, 2.45) is 23.7 Å². The zero-order chi connectivity index (χ0) is 10.5. The summed E-state index contributed by atoms with van der Waals surface area (Å²) in [6.45, 7) is 0. The molecule has 16 heavy (non-hydrogen) atoms. The average Bonchev–Trinajstić information content (AvgIpc) is 2.72. The Bertz CT molecular complexity index is 382. The Balaban J connectivity index is 1.57. The summed E-state index contributed by atoms with van der Waals surface area (Å²) in [5.74, 6) is 4.11. The monoisotopic (exact) mass is 213 g/mol. The highest BCUT2D eigenvalue weighted by molar-refractivity contribution is 5.44. The lowest BCUT2D eigenvalue weighted by molar-refractivity contribution is 0.261. The third-order valence-corrected chi connectivity index (χ3v) is 5.16. The van der Waals surface area contributed by atoms with E-state index in [9.17, 15) is 0 Å². The van der Waals surface area contributed by atoms with Gasteiger partial charge in [0.15, 0.2) is 0 Å². The van der Waals surface area contributed by atoms with Crippen LogP contribution in [0.4, 0.5) is 5.69 Å². The molecule has 4 bridgehead atoms. The maximum Gasteiger partial charge on any atom is 0.0342 e. The number of para-hydroxylation sites is 1. The molecule has 0 spiro atoms. The lowest BCUT2D eigenvalue weighted by Crippen LogP contribution is -2.34. The number of rotatable bonds is 2. The van der Waals surface area contributed by atoms with Gasteiger partial charge in [0.2, 0.25) is 0 Å². The zero-order valence-electron chi connectivity index (χ0n) is 9.60. The van der Waals surface area contributed by atoms with Gasteiger partial charge in [-0.2, -0.15) is 0 Å². The van der Waals surface area contributed by atoms with Crippen LogP contribution in [0.25, 0.3) is 0 Å². The van der Waals surface area contributed by atoms with E-state index in [2.05, 4.69) is 35.6 Å². The van der Waals surface area contributed by atoms with Crippen LogP contribution in [0, 0.1) is 23.7 Å². The molecule has 4 saturated carbocycles. The maximum absolute atomic E-state index is 3.80. The van der Waals surface area contributed by atoms with E-state index in [-0.39, 0.29) is 0 Å². The highest BCUT2D eigenvalue weighted by Crippen LogP contribution is 2.58. The smallest absolute Gasteiger partial charge is 0.0342 e. The summed E-state index contributed by atoms with van der Waals surface area (Å²) in [5, 5.41) is 3.80. The van der Waals surface area contributed by atoms with Gasteiger partial charge in [-0.3, -0.25) is 0 Å². The van der Waals surface area contributed by atoms with Crippen LogP contribution in [0.2, 0.25) is 0 Å². The van der Waals surface area contributed by atoms with Crippen LogP contribution in [-0.2, 0) is 0 Å². The molecule has 1 N–H and O–H groups in total. The molecule has 4 aliphatic rings. The van der Waals surface area contributed by atoms with E-state index < -0.39 is 0 Å². The summed E-state index contributed by atoms with van der Waals surface area (Å²) < 4.78 is 0. The van der Waals surface area contributed by atoms with Crippen LogP contribution in [0.5, 0.6) is 0 Å². The third-order valence-electron chi connectivity index (χ3n) is 5.16. The van der Waals surface area contributed by atoms with Gasteiger partial charge in [-0.25, -0.2) is 0 Å². The second kappa shape index (κ2) is 3.26. The fourth-order valence-corrected chi connectivity index (χ4v) is 4.69. The molecular formula is C15H19N. The largest absolute Gasteiger partial charge is 0.382 e. The van der Waals surface area contributed by atoms with Gasteiger partial charge in [0.25, 0.3) is 0 Å². The summed E-state index contributed by atoms with van der Waals surface area (Å²) in [4.78, 5) is 0. The van der Waals surface area contributed by atoms with Crippen molar-refractivity contribution in [1.82, 2.24) is 0 Å². The van der Waals surface area contributed by atoms with Crippen molar-refractivity contribution in [2.75, 3.05) is 5.32 Å². The summed E-state index contributed by atoms with van der Waals surface area (Å²) >= 11 is 0. The van der Waals surface area contributed by atoms with Gasteiger partial charge < -0.3 is 5.32 Å². The predicted octanol–water partition coefficient (Wildman–Crippen LogP) is 3.53. The van der Waals surface area contributed by atoms with E-state index >= 15 is 0 Å². The van der Waals surface area contributed by atoms with Crippen molar-refractivity contribution in [3.05, 3.63) is 30.3 Å². The molecule has 0 aromatic heterocycles. The van der Waals surface area contributed by atoms with E-state index in [0.29, 0.717) is 0 Å². The van der Waals surface area contributed by atoms with Crippen molar-refractivity contribution in [3.63, 3.8) is 0 Å². The van der Waals surface area contributed by atoms with Crippen LogP contribution in [0.3, 0.4) is 0 Å². The van der Waals surface area contributed by atoms with Crippen molar-refractivity contribution in [1.29, 1.82) is 0 Å². The minimum atomic E-state index is 0.783. The first-order valence-electron chi connectivity index (χ1n) is 6.72. The molecule has 0 aliphatic heterocycles. The van der Waals surface area contributed by atoms with Crippen molar-refractivity contribution in [3.8, 4) is 0 Å². The van der Waals surface area contributed by atoms with Gasteiger partial charge in [-0.15, -0.1) is 0 Å². The molecular weight excluding hydrogens is 194 g/mol. The molecule has 1 aromatic rings. The second-order valence-electron chi connectivity index (χ2n) is 6.03. The Hall–Kier alpha value is -0.980. The Morgan fingerprint density at radius 3 is 2.50 bits per heavy atom. The molecule has 84 valence electrons. The molecule has 0 radical (unpaired) electrons. The van der Waals surface area contributed by atoms with Gasteiger partial charge in [-0.1, -0.05) is 18.2 Å². The van der Waals surface area contributed by atoms with Crippen molar-refractivity contribution in [2.45, 2.75) is 31.7 Å². The van der Waals surface area contributed by atoms with E-state index in [1.54, 1.807) is 0 Å². The first-order chi connectivity index (χ1) is 7.90. The summed E-state index contributed by atoms with van der Waals surface area (Å²) in [7, 11) is 0. The van der Waals surface area contributed by atoms with E-state index in [0.717, 1.165) is 29.7 Å². The molecule has 0 amide bonds. The molecule has 0 saturated heterocycles. The number of anilines is 1. The van der Waals surface area contributed by atoms with Gasteiger partial charge in [-0.05, 0) is 61.5 Å². The van der Waals surface area contributed by atoms with Crippen LogP contribution in [-0.4, -0.2) is 6.04 Å². The van der Waals surface area contributed by atoms with E-state index in [1.807, 2.05) is 0 Å². The number of nitrogens with one attached hydrogen (secondary N) is 1. The van der Waals surface area contributed by atoms with Gasteiger partial charge >= 0.3 is 0 Å². The first-order valence-corrected chi connectivity index (χ1v) is 6.72. The first kappa shape index (κ1) is 9.09. The highest BCUT2D eigenvalue weighted by Gasteiger charge is 2.53. The molecule has 5 unspecified atom stereocenters. The summed E-state index contributed by atoms with van der Waals surface area (Å²) in [5.41, 5.74) is 1.32. The number of hydrogen-bond donors (Lipinski definition) is 1. The highest BCUT2D eigenvalue weighted by atomic mass is 15.0. The van der Waals surface area contributed by atoms with Gasteiger partial charge in [0.1, 0.15) is 0 Å². The fraction of sp³-hybridized carbons (Fsp3) is 0.600. The molecule has 4 aliphatic carbocycles. The van der Waals surface area contributed by atoms with Gasteiger partial charge in [0, 0.05) is 11.7 Å². The molecule has 1 nitrogen and oxygen atoms in total. The van der Waals surface area contributed by atoms with Gasteiger partial charge in [0.05, 0.1) is 0 Å². The van der Waals surface area contributed by atoms with Crippen LogP contribution in [0.1, 0.15) is 25.7 Å². The Morgan fingerprint density at radius 1 is 0.875 bits per heavy atom. The van der Waals surface area contributed by atoms with Crippen LogP contribution < -0.4 is 5.32 Å². The average molecular weight is 213 g/mol. The minimum absolute atomic E-state index is 0.783. The van der Waals surface area contributed by atoms with E-state index in [1.165, 1.54) is 31.4 Å². The maximum atomic E-state index is 3.80. The fourth-order valence-electron chi connectivity index (χ4n) is 4.69. The molecule has 1 heteroatoms. The quantitative estimate of drug-likeness (QED) is 0.792. The number of benzene rings is 1. The van der Waals surface area contributed by atoms with Crippen LogP contribution in [0.15, 0.2) is 30.3 Å². The molecule has 1 aromatic carbocycles. The molecule has 0 heterocycles. The Labute approximate surface area is 97.2 Å². The third kappa shape index (κ3) is 1.24. The predicted molar refractivity (Wildman–Crippen MR) is 66.3 cm³/mol. The Kier molecular flexibility index (Phi) is 1.85. The lowest BCUT2D eigenvalue weighted by Gasteiger charge is -2.33. The molecule has 5 rings (SSSR count). The normalized spacial score (nSPS) is 43.9. The van der Waals surface area contributed by atoms with Crippen LogP contribution >= 0.6 is 0 Å². The number of hydrogen-bond acceptors (Lipinski definition) is 1. The molecule has 4 fully saturated rings. The molecule has 5 atom stereocenters. The second-order valence-corrected chi connectivity index (χ2v) is 6.03. The van der Waals surface area contributed by atoms with E-state index in [4.69, 9.17) is 0 Å². The summed E-state index contributed by atoms with van der Waals surface area (Å²) in [6, 6.07) is 11.6.